The SMILES string of the molecule is Cl.O=C(NCC1CCCNC1)c1ccn(-c2ccccc2[N+](=O)[O-])n1. The maximum absolute atomic E-state index is 12.2. The van der Waals surface area contributed by atoms with E-state index in [0.717, 1.165) is 25.9 Å². The lowest BCUT2D eigenvalue weighted by molar-refractivity contribution is -0.384. The summed E-state index contributed by atoms with van der Waals surface area (Å²) in [5, 5.41) is 21.5. The van der Waals surface area contributed by atoms with Gasteiger partial charge in [-0.1, -0.05) is 12.1 Å². The number of nitro benzene ring substituents is 1. The van der Waals surface area contributed by atoms with Crippen LogP contribution in [0.2, 0.25) is 0 Å². The van der Waals surface area contributed by atoms with Gasteiger partial charge in [0, 0.05) is 18.8 Å². The van der Waals surface area contributed by atoms with Crippen molar-refractivity contribution in [2.75, 3.05) is 19.6 Å². The van der Waals surface area contributed by atoms with Crippen LogP contribution in [0, 0.1) is 16.0 Å². The maximum atomic E-state index is 12.2. The minimum absolute atomic E-state index is 0. The summed E-state index contributed by atoms with van der Waals surface area (Å²) in [5.74, 6) is 0.165. The number of hydrogen-bond donors (Lipinski definition) is 2. The van der Waals surface area contributed by atoms with Crippen LogP contribution in [-0.2, 0) is 0 Å². The Morgan fingerprint density at radius 1 is 1.40 bits per heavy atom. The molecule has 1 aliphatic heterocycles. The summed E-state index contributed by atoms with van der Waals surface area (Å²) < 4.78 is 1.36. The molecule has 1 amide bonds. The maximum Gasteiger partial charge on any atom is 0.294 e. The minimum Gasteiger partial charge on any atom is -0.350 e. The van der Waals surface area contributed by atoms with Gasteiger partial charge in [0.2, 0.25) is 0 Å². The molecule has 1 saturated heterocycles. The van der Waals surface area contributed by atoms with Crippen molar-refractivity contribution in [2.45, 2.75) is 12.8 Å². The number of piperidine rings is 1. The number of carbonyl (C=O) groups excluding carboxylic acids is 1. The van der Waals surface area contributed by atoms with Crippen molar-refractivity contribution >= 4 is 24.0 Å². The van der Waals surface area contributed by atoms with Gasteiger partial charge >= 0.3 is 0 Å². The molecule has 8 nitrogen and oxygen atoms in total. The van der Waals surface area contributed by atoms with Crippen LogP contribution in [0.3, 0.4) is 0 Å². The molecule has 1 fully saturated rings. The number of benzene rings is 1. The smallest absolute Gasteiger partial charge is 0.294 e. The number of aromatic nitrogens is 2. The Labute approximate surface area is 151 Å². The topological polar surface area (TPSA) is 102 Å². The molecule has 1 unspecified atom stereocenters. The molecule has 0 saturated carbocycles. The second-order valence-electron chi connectivity index (χ2n) is 5.81. The van der Waals surface area contributed by atoms with E-state index < -0.39 is 4.92 Å². The van der Waals surface area contributed by atoms with Gasteiger partial charge in [0.05, 0.1) is 4.92 Å². The highest BCUT2D eigenvalue weighted by molar-refractivity contribution is 5.92. The van der Waals surface area contributed by atoms with E-state index in [4.69, 9.17) is 0 Å². The average Bonchev–Trinajstić information content (AvgIpc) is 3.10. The van der Waals surface area contributed by atoms with E-state index in [-0.39, 0.29) is 29.7 Å². The Hall–Kier alpha value is -2.45. The molecule has 0 bridgehead atoms. The highest BCUT2D eigenvalue weighted by atomic mass is 35.5. The first kappa shape index (κ1) is 18.9. The predicted octanol–water partition coefficient (Wildman–Crippen LogP) is 1.93. The summed E-state index contributed by atoms with van der Waals surface area (Å²) in [5.41, 5.74) is 0.524. The van der Waals surface area contributed by atoms with E-state index in [1.165, 1.54) is 10.7 Å². The standard InChI is InChI=1S/C16H19N5O3.ClH/c22-16(18-11-12-4-3-8-17-10-12)13-7-9-20(19-13)14-5-1-2-6-15(14)21(23)24;/h1-2,5-7,9,12,17H,3-4,8,10-11H2,(H,18,22);1H. The molecular formula is C16H20ClN5O3. The number of nitrogens with one attached hydrogen (secondary N) is 2. The van der Waals surface area contributed by atoms with Gasteiger partial charge in [-0.3, -0.25) is 14.9 Å². The monoisotopic (exact) mass is 365 g/mol. The van der Waals surface area contributed by atoms with Gasteiger partial charge in [0.15, 0.2) is 5.69 Å². The van der Waals surface area contributed by atoms with Crippen LogP contribution in [0.4, 0.5) is 5.69 Å². The number of hydrogen-bond acceptors (Lipinski definition) is 5. The molecule has 2 aromatic rings. The van der Waals surface area contributed by atoms with E-state index >= 15 is 0 Å². The summed E-state index contributed by atoms with van der Waals surface area (Å²) >= 11 is 0. The highest BCUT2D eigenvalue weighted by Gasteiger charge is 2.18. The number of nitrogens with zero attached hydrogens (tertiary/aromatic N) is 3. The molecule has 0 radical (unpaired) electrons. The fourth-order valence-electron chi connectivity index (χ4n) is 2.82. The van der Waals surface area contributed by atoms with Crippen molar-refractivity contribution in [3.63, 3.8) is 0 Å². The van der Waals surface area contributed by atoms with Crippen molar-refractivity contribution in [3.05, 3.63) is 52.3 Å². The van der Waals surface area contributed by atoms with Crippen molar-refractivity contribution in [1.82, 2.24) is 20.4 Å². The lowest BCUT2D eigenvalue weighted by atomic mass is 10.00. The predicted molar refractivity (Wildman–Crippen MR) is 95.4 cm³/mol. The molecule has 134 valence electrons. The second-order valence-corrected chi connectivity index (χ2v) is 5.81. The summed E-state index contributed by atoms with van der Waals surface area (Å²) in [6.07, 6.45) is 3.77. The zero-order chi connectivity index (χ0) is 16.9. The van der Waals surface area contributed by atoms with Crippen molar-refractivity contribution in [2.24, 2.45) is 5.92 Å². The zero-order valence-electron chi connectivity index (χ0n) is 13.6. The lowest BCUT2D eigenvalue weighted by Crippen LogP contribution is -2.38. The number of rotatable bonds is 5. The van der Waals surface area contributed by atoms with Gasteiger partial charge in [-0.2, -0.15) is 5.10 Å². The summed E-state index contributed by atoms with van der Waals surface area (Å²) in [7, 11) is 0. The molecule has 1 aliphatic rings. The largest absolute Gasteiger partial charge is 0.350 e. The van der Waals surface area contributed by atoms with Gasteiger partial charge in [-0.05, 0) is 44.0 Å². The highest BCUT2D eigenvalue weighted by Crippen LogP contribution is 2.21. The summed E-state index contributed by atoms with van der Waals surface area (Å²) in [4.78, 5) is 22.8. The molecule has 9 heteroatoms. The Balaban J connectivity index is 0.00000225. The number of halogens is 1. The second kappa shape index (κ2) is 8.59. The summed E-state index contributed by atoms with van der Waals surface area (Å²) in [6.45, 7) is 2.54. The lowest BCUT2D eigenvalue weighted by Gasteiger charge is -2.22. The molecule has 25 heavy (non-hydrogen) atoms. The van der Waals surface area contributed by atoms with E-state index in [1.54, 1.807) is 30.5 Å². The third-order valence-corrected chi connectivity index (χ3v) is 4.10. The van der Waals surface area contributed by atoms with Gasteiger partial charge < -0.3 is 10.6 Å². The molecule has 1 aromatic heterocycles. The molecular weight excluding hydrogens is 346 g/mol. The Morgan fingerprint density at radius 3 is 2.92 bits per heavy atom. The fourth-order valence-corrected chi connectivity index (χ4v) is 2.82. The van der Waals surface area contributed by atoms with Crippen LogP contribution >= 0.6 is 12.4 Å². The third-order valence-electron chi connectivity index (χ3n) is 4.10. The van der Waals surface area contributed by atoms with Crippen molar-refractivity contribution < 1.29 is 9.72 Å². The van der Waals surface area contributed by atoms with Crippen LogP contribution in [-0.4, -0.2) is 40.2 Å². The first-order valence-corrected chi connectivity index (χ1v) is 7.93. The fraction of sp³-hybridized carbons (Fsp3) is 0.375. The first-order valence-electron chi connectivity index (χ1n) is 7.93. The van der Waals surface area contributed by atoms with Crippen LogP contribution < -0.4 is 10.6 Å². The van der Waals surface area contributed by atoms with E-state index in [9.17, 15) is 14.9 Å². The molecule has 0 aliphatic carbocycles. The number of nitro groups is 1. The van der Waals surface area contributed by atoms with Crippen LogP contribution in [0.15, 0.2) is 36.5 Å². The number of para-hydroxylation sites is 2. The Bertz CT molecular complexity index is 743. The van der Waals surface area contributed by atoms with Gasteiger partial charge in [-0.15, -0.1) is 12.4 Å². The molecule has 3 rings (SSSR count). The van der Waals surface area contributed by atoms with E-state index in [0.29, 0.717) is 18.2 Å². The average molecular weight is 366 g/mol. The zero-order valence-corrected chi connectivity index (χ0v) is 14.4. The van der Waals surface area contributed by atoms with Crippen molar-refractivity contribution in [1.29, 1.82) is 0 Å². The molecule has 2 N–H and O–H groups in total. The molecule has 1 atom stereocenters. The van der Waals surface area contributed by atoms with Gasteiger partial charge in [0.1, 0.15) is 5.69 Å². The number of carbonyl (C=O) groups is 1. The van der Waals surface area contributed by atoms with Crippen LogP contribution in [0.1, 0.15) is 23.3 Å². The molecule has 0 spiro atoms. The van der Waals surface area contributed by atoms with Crippen molar-refractivity contribution in [3.8, 4) is 5.69 Å². The van der Waals surface area contributed by atoms with E-state index in [1.807, 2.05) is 0 Å². The van der Waals surface area contributed by atoms with Gasteiger partial charge in [0.25, 0.3) is 11.6 Å². The van der Waals surface area contributed by atoms with Crippen LogP contribution in [0.5, 0.6) is 0 Å². The third kappa shape index (κ3) is 4.55. The van der Waals surface area contributed by atoms with E-state index in [2.05, 4.69) is 15.7 Å². The first-order chi connectivity index (χ1) is 11.6. The quantitative estimate of drug-likeness (QED) is 0.622. The van der Waals surface area contributed by atoms with Crippen LogP contribution in [0.25, 0.3) is 5.69 Å². The Kier molecular flexibility index (Phi) is 6.49. The molecule has 2 heterocycles. The normalized spacial score (nSPS) is 16.7. The molecule has 1 aromatic carbocycles. The summed E-state index contributed by atoms with van der Waals surface area (Å²) in [6, 6.07) is 7.86. The van der Waals surface area contributed by atoms with Gasteiger partial charge in [-0.25, -0.2) is 4.68 Å². The Morgan fingerprint density at radius 2 is 2.20 bits per heavy atom. The number of amides is 1. The minimum atomic E-state index is -0.465.